The number of carbonyl (C=O) groups excluding carboxylic acids is 4. The van der Waals surface area contributed by atoms with Crippen LogP contribution in [0.25, 0.3) is 20.7 Å². The van der Waals surface area contributed by atoms with E-state index in [4.69, 9.17) is 26.2 Å². The predicted molar refractivity (Wildman–Crippen MR) is 218 cm³/mol. The first-order chi connectivity index (χ1) is 27.3. The van der Waals surface area contributed by atoms with Crippen molar-refractivity contribution in [2.24, 2.45) is 36.1 Å². The molecule has 9 rings (SSSR count). The molecule has 11 nitrogen and oxygen atoms in total. The molecule has 1 N–H and O–H groups in total. The molecule has 2 aliphatic carbocycles. The van der Waals surface area contributed by atoms with Gasteiger partial charge < -0.3 is 14.6 Å². The highest BCUT2D eigenvalue weighted by Crippen LogP contribution is 2.64. The Labute approximate surface area is 338 Å². The Kier molecular flexibility index (Phi) is 8.67. The van der Waals surface area contributed by atoms with Crippen molar-refractivity contribution in [2.45, 2.75) is 46.0 Å². The summed E-state index contributed by atoms with van der Waals surface area (Å²) >= 11 is 7.90. The lowest BCUT2D eigenvalue weighted by Gasteiger charge is -2.49. The van der Waals surface area contributed by atoms with Crippen LogP contribution < -0.4 is 19.3 Å². The highest BCUT2D eigenvalue weighted by Gasteiger charge is 2.68. The number of methoxy groups -OCH3 is 2. The molecule has 3 aromatic carbocycles. The van der Waals surface area contributed by atoms with E-state index in [1.54, 1.807) is 41.3 Å². The fourth-order valence-electron chi connectivity index (χ4n) is 10.0. The largest absolute Gasteiger partial charge is 0.502 e. The van der Waals surface area contributed by atoms with Crippen LogP contribution in [0.4, 0.5) is 11.5 Å². The average Bonchev–Trinajstić information content (AvgIpc) is 3.88. The molecule has 2 aromatic heterocycles. The molecule has 4 aliphatic rings. The number of thiophene rings is 1. The highest BCUT2D eigenvalue weighted by molar-refractivity contribution is 7.22. The van der Waals surface area contributed by atoms with E-state index in [9.17, 15) is 14.7 Å². The summed E-state index contributed by atoms with van der Waals surface area (Å²) < 4.78 is 13.8. The molecule has 57 heavy (non-hydrogen) atoms. The minimum Gasteiger partial charge on any atom is -0.502 e. The van der Waals surface area contributed by atoms with Crippen molar-refractivity contribution < 1.29 is 33.8 Å². The number of fused-ring (bicyclic) bond motifs is 5. The zero-order valence-electron chi connectivity index (χ0n) is 32.3. The second-order valence-electron chi connectivity index (χ2n) is 15.7. The van der Waals surface area contributed by atoms with Gasteiger partial charge in [-0.15, -0.1) is 11.3 Å². The number of aryl methyl sites for hydroxylation is 3. The second kappa shape index (κ2) is 13.3. The normalized spacial score (nSPS) is 25.5. The number of imide groups is 2. The lowest BCUT2D eigenvalue weighted by atomic mass is 9.51. The summed E-state index contributed by atoms with van der Waals surface area (Å²) in [5.74, 6) is -4.46. The zero-order chi connectivity index (χ0) is 40.2. The Hall–Kier alpha value is -5.46. The summed E-state index contributed by atoms with van der Waals surface area (Å²) in [6, 6.07) is 18.3. The first kappa shape index (κ1) is 37.1. The molecule has 4 heterocycles. The maximum atomic E-state index is 15.3. The van der Waals surface area contributed by atoms with Crippen molar-refractivity contribution in [1.82, 2.24) is 9.78 Å². The lowest BCUT2D eigenvalue weighted by Crippen LogP contribution is -2.49. The van der Waals surface area contributed by atoms with Crippen molar-refractivity contribution in [1.29, 1.82) is 0 Å². The van der Waals surface area contributed by atoms with E-state index < -0.39 is 46.8 Å². The molecule has 6 atom stereocenters. The number of rotatable bonds is 7. The van der Waals surface area contributed by atoms with Gasteiger partial charge >= 0.3 is 0 Å². The zero-order valence-corrected chi connectivity index (χ0v) is 33.9. The number of hydrogen-bond donors (Lipinski definition) is 1. The molecule has 13 heteroatoms. The molecule has 0 bridgehead atoms. The number of ether oxygens (including phenoxy) is 2. The monoisotopic (exact) mass is 804 g/mol. The molecule has 292 valence electrons. The van der Waals surface area contributed by atoms with Crippen LogP contribution in [0.2, 0.25) is 5.02 Å². The van der Waals surface area contributed by atoms with Gasteiger partial charge in [0.1, 0.15) is 11.5 Å². The Bertz CT molecular complexity index is 2570. The summed E-state index contributed by atoms with van der Waals surface area (Å²) in [4.78, 5) is 62.4. The van der Waals surface area contributed by atoms with E-state index in [2.05, 4.69) is 0 Å². The van der Waals surface area contributed by atoms with Gasteiger partial charge in [0, 0.05) is 28.8 Å². The van der Waals surface area contributed by atoms with Gasteiger partial charge in [0.05, 0.1) is 48.0 Å². The first-order valence-electron chi connectivity index (χ1n) is 19.0. The van der Waals surface area contributed by atoms with Gasteiger partial charge in [-0.3, -0.25) is 28.8 Å². The number of amides is 4. The summed E-state index contributed by atoms with van der Waals surface area (Å²) in [7, 11) is 4.58. The van der Waals surface area contributed by atoms with Crippen molar-refractivity contribution >= 4 is 68.2 Å². The van der Waals surface area contributed by atoms with Crippen molar-refractivity contribution in [3.8, 4) is 27.8 Å². The fourth-order valence-corrected chi connectivity index (χ4v) is 11.4. The molecule has 0 spiro atoms. The van der Waals surface area contributed by atoms with E-state index in [1.807, 2.05) is 69.3 Å². The number of allylic oxidation sites excluding steroid dienone is 2. The van der Waals surface area contributed by atoms with Crippen LogP contribution in [-0.4, -0.2) is 52.7 Å². The summed E-state index contributed by atoms with van der Waals surface area (Å²) in [5.41, 5.74) is 3.28. The van der Waals surface area contributed by atoms with E-state index in [0.29, 0.717) is 34.2 Å². The van der Waals surface area contributed by atoms with Gasteiger partial charge in [0.2, 0.25) is 29.4 Å². The standard InChI is InChI=1S/C44H41ClN4O7S/c1-7-22-8-11-25(12-9-22)48-40(51)27-14-13-26-29(36(27)42(48)53)19-30-41(52)49(43(54)44(30,3)37(26)23-16-32(55-5)38(50)33(17-23)56-6)35-20-31(46-47(35)4)39-21(2)28-18-24(45)10-15-34(28)57-39/h8-13,15-18,20,27,29-30,36-37,50H,7,14,19H2,1-6H3/t27-,29+,30-,36-,37-,44+/m0/s1. The fraction of sp³-hybridized carbons (Fsp3) is 0.341. The highest BCUT2D eigenvalue weighted by atomic mass is 35.5. The van der Waals surface area contributed by atoms with Crippen LogP contribution in [0, 0.1) is 36.0 Å². The Morgan fingerprint density at radius 1 is 0.930 bits per heavy atom. The van der Waals surface area contributed by atoms with Crippen LogP contribution >= 0.6 is 22.9 Å². The number of nitrogens with zero attached hydrogens (tertiary/aromatic N) is 4. The molecule has 5 aromatic rings. The number of hydrogen-bond acceptors (Lipinski definition) is 9. The SMILES string of the molecule is CCc1ccc(N2C(=O)[C@H]3[C@H](CC=C4[C@H]3C[C@H]3C(=O)N(c5cc(-c6sc7ccc(Cl)cc7c6C)nn5C)C(=O)[C@@]3(C)[C@H]4c3cc(OC)c(O)c(OC)c3)C2=O)cc1. The number of aromatic hydroxyl groups is 1. The smallest absolute Gasteiger partial charge is 0.242 e. The van der Waals surface area contributed by atoms with Crippen molar-refractivity contribution in [3.05, 3.63) is 94.0 Å². The first-order valence-corrected chi connectivity index (χ1v) is 20.2. The predicted octanol–water partition coefficient (Wildman–Crippen LogP) is 7.98. The van der Waals surface area contributed by atoms with E-state index in [0.717, 1.165) is 38.1 Å². The van der Waals surface area contributed by atoms with Gasteiger partial charge in [-0.2, -0.15) is 5.10 Å². The number of anilines is 2. The molecular weight excluding hydrogens is 764 g/mol. The minimum absolute atomic E-state index is 0.139. The number of benzene rings is 3. The van der Waals surface area contributed by atoms with Crippen LogP contribution in [0.1, 0.15) is 49.3 Å². The van der Waals surface area contributed by atoms with E-state index >= 15 is 9.59 Å². The maximum Gasteiger partial charge on any atom is 0.242 e. The summed E-state index contributed by atoms with van der Waals surface area (Å²) in [6.07, 6.45) is 3.31. The molecule has 1 saturated carbocycles. The molecule has 2 aliphatic heterocycles. The van der Waals surface area contributed by atoms with Gasteiger partial charge in [-0.1, -0.05) is 42.3 Å². The summed E-state index contributed by atoms with van der Waals surface area (Å²) in [6.45, 7) is 5.87. The minimum atomic E-state index is -1.34. The molecule has 3 fully saturated rings. The average molecular weight is 805 g/mol. The molecule has 2 saturated heterocycles. The molecule has 0 unspecified atom stereocenters. The van der Waals surface area contributed by atoms with Gasteiger partial charge in [0.25, 0.3) is 0 Å². The Morgan fingerprint density at radius 2 is 1.63 bits per heavy atom. The van der Waals surface area contributed by atoms with E-state index in [1.165, 1.54) is 24.0 Å². The van der Waals surface area contributed by atoms with Gasteiger partial charge in [0.15, 0.2) is 11.5 Å². The number of phenolic OH excluding ortho intramolecular Hbond substituents is 1. The second-order valence-corrected chi connectivity index (χ2v) is 17.2. The van der Waals surface area contributed by atoms with Crippen molar-refractivity contribution in [3.63, 3.8) is 0 Å². The van der Waals surface area contributed by atoms with Crippen LogP contribution in [0.3, 0.4) is 0 Å². The Balaban J connectivity index is 1.17. The molecular formula is C44H41ClN4O7S. The molecule has 0 radical (unpaired) electrons. The van der Waals surface area contributed by atoms with Gasteiger partial charge in [-0.25, -0.2) is 4.90 Å². The maximum absolute atomic E-state index is 15.3. The third-order valence-electron chi connectivity index (χ3n) is 12.9. The third-order valence-corrected chi connectivity index (χ3v) is 14.5. The van der Waals surface area contributed by atoms with Crippen LogP contribution in [0.5, 0.6) is 17.2 Å². The van der Waals surface area contributed by atoms with Crippen LogP contribution in [-0.2, 0) is 32.6 Å². The van der Waals surface area contributed by atoms with Crippen LogP contribution in [0.15, 0.2) is 72.3 Å². The third kappa shape index (κ3) is 5.25. The number of halogens is 1. The molecule has 4 amide bonds. The lowest BCUT2D eigenvalue weighted by molar-refractivity contribution is -0.131. The summed E-state index contributed by atoms with van der Waals surface area (Å²) in [5, 5.41) is 17.4. The number of carbonyl (C=O) groups is 4. The number of aromatic nitrogens is 2. The number of phenols is 1. The van der Waals surface area contributed by atoms with Gasteiger partial charge in [-0.05, 0) is 104 Å². The van der Waals surface area contributed by atoms with E-state index in [-0.39, 0.29) is 35.5 Å². The van der Waals surface area contributed by atoms with Crippen molar-refractivity contribution in [2.75, 3.05) is 24.0 Å². The topological polar surface area (TPSA) is 131 Å². The quantitative estimate of drug-likeness (QED) is 0.130. The Morgan fingerprint density at radius 3 is 2.30 bits per heavy atom.